The number of rotatable bonds is 10. The molecule has 0 amide bonds. The van der Waals surface area contributed by atoms with Crippen molar-refractivity contribution < 1.29 is 18.9 Å². The lowest BCUT2D eigenvalue weighted by molar-refractivity contribution is 0.132. The second-order valence-corrected chi connectivity index (χ2v) is 4.75. The Morgan fingerprint density at radius 1 is 0.913 bits per heavy atom. The summed E-state index contributed by atoms with van der Waals surface area (Å²) in [5, 5.41) is 4.11. The Hall–Kier alpha value is -2.12. The summed E-state index contributed by atoms with van der Waals surface area (Å²) in [6.07, 6.45) is 1.53. The first-order valence-electron chi connectivity index (χ1n) is 7.56. The number of ether oxygens (including phenoxy) is 4. The fraction of sp³-hybridized carbons (Fsp3) is 0.500. The highest BCUT2D eigenvalue weighted by Crippen LogP contribution is 2.34. The molecule has 0 saturated heterocycles. The van der Waals surface area contributed by atoms with Crippen LogP contribution >= 0.6 is 0 Å². The number of nitrogens with one attached hydrogen (secondary N) is 1. The van der Waals surface area contributed by atoms with Gasteiger partial charge in [0.15, 0.2) is 11.5 Å². The minimum Gasteiger partial charge on any atom is -0.487 e. The van der Waals surface area contributed by atoms with Gasteiger partial charge in [0.2, 0.25) is 0 Å². The standard InChI is InChI=1S/C16H23N3O4/c1-4-17-16-12-9-14(22-7-5-20-2)15(23-8-6-21-3)10-13(12)18-11-19-16/h9-11H,4-8H2,1-3H3,(H,17,18,19). The number of hydrogen-bond acceptors (Lipinski definition) is 7. The SMILES string of the molecule is CCNc1ncnc2cc(OCCOC)c(OCCOC)cc12. The Bertz CT molecular complexity index is 622. The van der Waals surface area contributed by atoms with Gasteiger partial charge in [-0.3, -0.25) is 0 Å². The molecule has 126 valence electrons. The number of nitrogens with zero attached hydrogens (tertiary/aromatic N) is 2. The van der Waals surface area contributed by atoms with Gasteiger partial charge in [-0.2, -0.15) is 0 Å². The molecule has 0 spiro atoms. The minimum atomic E-state index is 0.437. The maximum Gasteiger partial charge on any atom is 0.163 e. The van der Waals surface area contributed by atoms with Gasteiger partial charge in [-0.15, -0.1) is 0 Å². The molecule has 0 aliphatic heterocycles. The highest BCUT2D eigenvalue weighted by Gasteiger charge is 2.12. The van der Waals surface area contributed by atoms with E-state index >= 15 is 0 Å². The van der Waals surface area contributed by atoms with Crippen molar-refractivity contribution in [3.8, 4) is 11.5 Å². The van der Waals surface area contributed by atoms with E-state index < -0.39 is 0 Å². The van der Waals surface area contributed by atoms with Gasteiger partial charge in [0.25, 0.3) is 0 Å². The molecular formula is C16H23N3O4. The van der Waals surface area contributed by atoms with E-state index in [9.17, 15) is 0 Å². The summed E-state index contributed by atoms with van der Waals surface area (Å²) in [7, 11) is 3.27. The summed E-state index contributed by atoms with van der Waals surface area (Å²) in [5.74, 6) is 2.05. The second-order valence-electron chi connectivity index (χ2n) is 4.75. The first-order chi connectivity index (χ1) is 11.3. The van der Waals surface area contributed by atoms with Crippen LogP contribution < -0.4 is 14.8 Å². The summed E-state index contributed by atoms with van der Waals surface area (Å²) >= 11 is 0. The molecule has 7 heteroatoms. The summed E-state index contributed by atoms with van der Waals surface area (Å²) in [5.41, 5.74) is 0.794. The van der Waals surface area contributed by atoms with Crippen LogP contribution in [0.25, 0.3) is 10.9 Å². The molecule has 23 heavy (non-hydrogen) atoms. The van der Waals surface area contributed by atoms with Crippen LogP contribution in [0.1, 0.15) is 6.92 Å². The lowest BCUT2D eigenvalue weighted by Gasteiger charge is -2.15. The van der Waals surface area contributed by atoms with E-state index in [0.717, 1.165) is 23.3 Å². The van der Waals surface area contributed by atoms with Crippen LogP contribution in [-0.4, -0.2) is 57.2 Å². The van der Waals surface area contributed by atoms with Crippen molar-refractivity contribution in [3.63, 3.8) is 0 Å². The maximum absolute atomic E-state index is 5.78. The smallest absolute Gasteiger partial charge is 0.163 e. The molecule has 0 aliphatic carbocycles. The van der Waals surface area contributed by atoms with Gasteiger partial charge in [-0.25, -0.2) is 9.97 Å². The van der Waals surface area contributed by atoms with Gasteiger partial charge >= 0.3 is 0 Å². The van der Waals surface area contributed by atoms with E-state index in [1.54, 1.807) is 14.2 Å². The van der Waals surface area contributed by atoms with E-state index in [2.05, 4.69) is 15.3 Å². The second kappa shape index (κ2) is 9.12. The summed E-state index contributed by atoms with van der Waals surface area (Å²) in [6, 6.07) is 3.75. The molecule has 1 aromatic heterocycles. The number of aromatic nitrogens is 2. The molecule has 1 heterocycles. The molecule has 0 fully saturated rings. The average molecular weight is 321 g/mol. The molecule has 0 bridgehead atoms. The normalized spacial score (nSPS) is 10.7. The predicted octanol–water partition coefficient (Wildman–Crippen LogP) is 2.11. The zero-order chi connectivity index (χ0) is 16.5. The quantitative estimate of drug-likeness (QED) is 0.672. The Kier molecular flexibility index (Phi) is 6.83. The van der Waals surface area contributed by atoms with Gasteiger partial charge in [-0.1, -0.05) is 0 Å². The Labute approximate surface area is 135 Å². The van der Waals surface area contributed by atoms with Crippen molar-refractivity contribution in [2.75, 3.05) is 52.5 Å². The third-order valence-electron chi connectivity index (χ3n) is 3.14. The van der Waals surface area contributed by atoms with Crippen molar-refractivity contribution in [2.45, 2.75) is 6.92 Å². The molecule has 1 N–H and O–H groups in total. The minimum absolute atomic E-state index is 0.437. The fourth-order valence-electron chi connectivity index (χ4n) is 2.07. The van der Waals surface area contributed by atoms with E-state index in [-0.39, 0.29) is 0 Å². The molecule has 1 aromatic carbocycles. The Balaban J connectivity index is 2.34. The number of benzene rings is 1. The third kappa shape index (κ3) is 4.67. The van der Waals surface area contributed by atoms with E-state index in [1.165, 1.54) is 6.33 Å². The van der Waals surface area contributed by atoms with Crippen LogP contribution in [0.15, 0.2) is 18.5 Å². The monoisotopic (exact) mass is 321 g/mol. The largest absolute Gasteiger partial charge is 0.487 e. The molecule has 0 unspecified atom stereocenters. The Morgan fingerprint density at radius 2 is 1.57 bits per heavy atom. The lowest BCUT2D eigenvalue weighted by atomic mass is 10.2. The Morgan fingerprint density at radius 3 is 2.17 bits per heavy atom. The third-order valence-corrected chi connectivity index (χ3v) is 3.14. The molecule has 7 nitrogen and oxygen atoms in total. The van der Waals surface area contributed by atoms with Crippen molar-refractivity contribution in [1.29, 1.82) is 0 Å². The summed E-state index contributed by atoms with van der Waals surface area (Å²) in [6.45, 7) is 4.67. The number of fused-ring (bicyclic) bond motifs is 1. The first kappa shape index (κ1) is 17.2. The predicted molar refractivity (Wildman–Crippen MR) is 88.4 cm³/mol. The van der Waals surface area contributed by atoms with Crippen molar-refractivity contribution in [3.05, 3.63) is 18.5 Å². The highest BCUT2D eigenvalue weighted by atomic mass is 16.5. The fourth-order valence-corrected chi connectivity index (χ4v) is 2.07. The van der Waals surface area contributed by atoms with Crippen LogP contribution in [-0.2, 0) is 9.47 Å². The highest BCUT2D eigenvalue weighted by molar-refractivity contribution is 5.91. The molecular weight excluding hydrogens is 298 g/mol. The molecule has 2 rings (SSSR count). The molecule has 0 radical (unpaired) electrons. The van der Waals surface area contributed by atoms with Crippen LogP contribution in [0.4, 0.5) is 5.82 Å². The van der Waals surface area contributed by atoms with Crippen LogP contribution in [0.5, 0.6) is 11.5 Å². The maximum atomic E-state index is 5.78. The zero-order valence-electron chi connectivity index (χ0n) is 13.8. The van der Waals surface area contributed by atoms with Crippen LogP contribution in [0.3, 0.4) is 0 Å². The van der Waals surface area contributed by atoms with Crippen LogP contribution in [0, 0.1) is 0 Å². The first-order valence-corrected chi connectivity index (χ1v) is 7.56. The van der Waals surface area contributed by atoms with Crippen molar-refractivity contribution >= 4 is 16.7 Å². The van der Waals surface area contributed by atoms with E-state index in [1.807, 2.05) is 19.1 Å². The van der Waals surface area contributed by atoms with E-state index in [0.29, 0.717) is 37.9 Å². The molecule has 0 aliphatic rings. The van der Waals surface area contributed by atoms with Gasteiger partial charge in [0, 0.05) is 32.2 Å². The summed E-state index contributed by atoms with van der Waals surface area (Å²) < 4.78 is 21.6. The van der Waals surface area contributed by atoms with Gasteiger partial charge in [0.05, 0.1) is 18.7 Å². The van der Waals surface area contributed by atoms with Crippen LogP contribution in [0.2, 0.25) is 0 Å². The zero-order valence-corrected chi connectivity index (χ0v) is 13.8. The summed E-state index contributed by atoms with van der Waals surface area (Å²) in [4.78, 5) is 8.58. The van der Waals surface area contributed by atoms with Gasteiger partial charge in [-0.05, 0) is 13.0 Å². The molecule has 0 saturated carbocycles. The lowest BCUT2D eigenvalue weighted by Crippen LogP contribution is -2.09. The number of anilines is 1. The van der Waals surface area contributed by atoms with E-state index in [4.69, 9.17) is 18.9 Å². The number of methoxy groups -OCH3 is 2. The topological polar surface area (TPSA) is 74.7 Å². The van der Waals surface area contributed by atoms with Crippen molar-refractivity contribution in [1.82, 2.24) is 9.97 Å². The van der Waals surface area contributed by atoms with Crippen molar-refractivity contribution in [2.24, 2.45) is 0 Å². The molecule has 2 aromatic rings. The average Bonchev–Trinajstić information content (AvgIpc) is 2.56. The molecule has 0 atom stereocenters. The van der Waals surface area contributed by atoms with Gasteiger partial charge in [0.1, 0.15) is 25.4 Å². The van der Waals surface area contributed by atoms with Gasteiger partial charge < -0.3 is 24.3 Å². The number of hydrogen-bond donors (Lipinski definition) is 1.